The first kappa shape index (κ1) is 14.9. The Morgan fingerprint density at radius 2 is 1.75 bits per heavy atom. The maximum Gasteiger partial charge on any atom is 0.178 e. The van der Waals surface area contributed by atoms with Gasteiger partial charge in [-0.1, -0.05) is 19.1 Å². The minimum absolute atomic E-state index is 0.109. The van der Waals surface area contributed by atoms with Gasteiger partial charge < -0.3 is 5.32 Å². The lowest BCUT2D eigenvalue weighted by Crippen LogP contribution is -2.03. The van der Waals surface area contributed by atoms with E-state index < -0.39 is 9.84 Å². The Labute approximate surface area is 124 Å². The van der Waals surface area contributed by atoms with E-state index in [2.05, 4.69) is 5.32 Å². The molecular formula is C15H16ClNO2S. The van der Waals surface area contributed by atoms with Gasteiger partial charge in [-0.25, -0.2) is 8.42 Å². The second kappa shape index (κ2) is 6.29. The van der Waals surface area contributed by atoms with E-state index in [9.17, 15) is 8.42 Å². The number of halogens is 1. The molecule has 2 aromatic carbocycles. The highest BCUT2D eigenvalue weighted by Gasteiger charge is 2.10. The molecule has 20 heavy (non-hydrogen) atoms. The molecule has 0 atom stereocenters. The molecule has 0 heterocycles. The average molecular weight is 310 g/mol. The van der Waals surface area contributed by atoms with Crippen molar-refractivity contribution in [3.8, 4) is 0 Å². The molecule has 3 nitrogen and oxygen atoms in total. The van der Waals surface area contributed by atoms with E-state index in [1.807, 2.05) is 24.3 Å². The summed E-state index contributed by atoms with van der Waals surface area (Å²) in [6.45, 7) is 1.64. The fourth-order valence-corrected chi connectivity index (χ4v) is 2.86. The summed E-state index contributed by atoms with van der Waals surface area (Å²) in [6, 6.07) is 14.5. The molecule has 2 aromatic rings. The molecule has 0 bridgehead atoms. The summed E-state index contributed by atoms with van der Waals surface area (Å²) in [7, 11) is -3.14. The van der Waals surface area contributed by atoms with Crippen molar-refractivity contribution >= 4 is 32.8 Å². The molecule has 0 amide bonds. The van der Waals surface area contributed by atoms with Gasteiger partial charge in [-0.2, -0.15) is 0 Å². The molecule has 0 saturated carbocycles. The third-order valence-electron chi connectivity index (χ3n) is 2.96. The van der Waals surface area contributed by atoms with Crippen molar-refractivity contribution in [1.82, 2.24) is 0 Å². The highest BCUT2D eigenvalue weighted by Crippen LogP contribution is 2.20. The Bertz CT molecular complexity index is 681. The summed E-state index contributed by atoms with van der Waals surface area (Å²) >= 11 is 5.79. The largest absolute Gasteiger partial charge is 0.356 e. The zero-order valence-electron chi connectivity index (χ0n) is 11.1. The summed E-state index contributed by atoms with van der Waals surface area (Å²) < 4.78 is 23.4. The lowest BCUT2D eigenvalue weighted by molar-refractivity contribution is 0.597. The Kier molecular flexibility index (Phi) is 4.68. The summed E-state index contributed by atoms with van der Waals surface area (Å²) in [4.78, 5) is 0.347. The fourth-order valence-electron chi connectivity index (χ4n) is 1.81. The van der Waals surface area contributed by atoms with Gasteiger partial charge in [0.15, 0.2) is 9.84 Å². The topological polar surface area (TPSA) is 46.2 Å². The smallest absolute Gasteiger partial charge is 0.178 e. The predicted octanol–water partition coefficient (Wildman–Crippen LogP) is 3.96. The number of hydrogen-bond acceptors (Lipinski definition) is 3. The minimum Gasteiger partial charge on any atom is -0.356 e. The molecule has 0 radical (unpaired) electrons. The van der Waals surface area contributed by atoms with Crippen molar-refractivity contribution in [2.75, 3.05) is 11.1 Å². The van der Waals surface area contributed by atoms with Crippen molar-refractivity contribution in [3.63, 3.8) is 0 Å². The molecule has 0 spiro atoms. The fraction of sp³-hybridized carbons (Fsp3) is 0.200. The number of hydrogen-bond donors (Lipinski definition) is 1. The maximum absolute atomic E-state index is 11.7. The van der Waals surface area contributed by atoms with Crippen molar-refractivity contribution in [2.45, 2.75) is 17.7 Å². The van der Waals surface area contributed by atoms with Gasteiger partial charge in [0.1, 0.15) is 0 Å². The molecule has 0 aliphatic heterocycles. The van der Waals surface area contributed by atoms with Crippen LogP contribution in [0.2, 0.25) is 0 Å². The SMILES string of the molecule is CCS(=O)(=O)c1ccc(Nc2cccc(CCl)c2)cc1. The Hall–Kier alpha value is -1.52. The van der Waals surface area contributed by atoms with E-state index in [0.29, 0.717) is 10.8 Å². The van der Waals surface area contributed by atoms with Gasteiger partial charge >= 0.3 is 0 Å². The summed E-state index contributed by atoms with van der Waals surface area (Å²) in [5.41, 5.74) is 2.79. The molecule has 0 unspecified atom stereocenters. The predicted molar refractivity (Wildman–Crippen MR) is 83.5 cm³/mol. The van der Waals surface area contributed by atoms with E-state index in [-0.39, 0.29) is 5.75 Å². The zero-order chi connectivity index (χ0) is 14.6. The minimum atomic E-state index is -3.14. The van der Waals surface area contributed by atoms with Gasteiger partial charge in [0.25, 0.3) is 0 Å². The molecule has 0 saturated heterocycles. The van der Waals surface area contributed by atoms with Crippen LogP contribution < -0.4 is 5.32 Å². The van der Waals surface area contributed by atoms with Crippen molar-refractivity contribution in [3.05, 3.63) is 54.1 Å². The number of sulfone groups is 1. The summed E-state index contributed by atoms with van der Waals surface area (Å²) in [6.07, 6.45) is 0. The Morgan fingerprint density at radius 1 is 1.05 bits per heavy atom. The first-order valence-electron chi connectivity index (χ1n) is 6.30. The van der Waals surface area contributed by atoms with E-state index >= 15 is 0 Å². The first-order valence-corrected chi connectivity index (χ1v) is 8.48. The maximum atomic E-state index is 11.7. The number of anilines is 2. The monoisotopic (exact) mass is 309 g/mol. The van der Waals surface area contributed by atoms with E-state index in [1.165, 1.54) is 0 Å². The van der Waals surface area contributed by atoms with Crippen LogP contribution in [-0.2, 0) is 15.7 Å². The molecule has 5 heteroatoms. The van der Waals surface area contributed by atoms with Crippen LogP contribution in [0.3, 0.4) is 0 Å². The van der Waals surface area contributed by atoms with Gasteiger partial charge in [0.2, 0.25) is 0 Å². The average Bonchev–Trinajstić information content (AvgIpc) is 2.48. The van der Waals surface area contributed by atoms with Crippen LogP contribution in [0, 0.1) is 0 Å². The van der Waals surface area contributed by atoms with Crippen LogP contribution in [0.5, 0.6) is 0 Å². The zero-order valence-corrected chi connectivity index (χ0v) is 12.7. The standard InChI is InChI=1S/C15H16ClNO2S/c1-2-20(18,19)15-8-6-13(7-9-15)17-14-5-3-4-12(10-14)11-16/h3-10,17H,2,11H2,1H3. The number of rotatable bonds is 5. The summed E-state index contributed by atoms with van der Waals surface area (Å²) in [5.74, 6) is 0.570. The number of nitrogens with one attached hydrogen (secondary N) is 1. The first-order chi connectivity index (χ1) is 9.55. The molecular weight excluding hydrogens is 294 g/mol. The van der Waals surface area contributed by atoms with Gasteiger partial charge in [0, 0.05) is 17.3 Å². The van der Waals surface area contributed by atoms with Gasteiger partial charge in [0.05, 0.1) is 10.6 Å². The lowest BCUT2D eigenvalue weighted by atomic mass is 10.2. The Balaban J connectivity index is 2.18. The Morgan fingerprint density at radius 3 is 2.35 bits per heavy atom. The van der Waals surface area contributed by atoms with Crippen molar-refractivity contribution in [2.24, 2.45) is 0 Å². The van der Waals surface area contributed by atoms with Crippen LogP contribution >= 0.6 is 11.6 Å². The second-order valence-electron chi connectivity index (χ2n) is 4.39. The quantitative estimate of drug-likeness (QED) is 0.850. The molecule has 0 fully saturated rings. The van der Waals surface area contributed by atoms with Crippen LogP contribution in [-0.4, -0.2) is 14.2 Å². The van der Waals surface area contributed by atoms with E-state index in [0.717, 1.165) is 16.9 Å². The van der Waals surface area contributed by atoms with Crippen molar-refractivity contribution in [1.29, 1.82) is 0 Å². The van der Waals surface area contributed by atoms with Crippen LogP contribution in [0.25, 0.3) is 0 Å². The highest BCUT2D eigenvalue weighted by molar-refractivity contribution is 7.91. The van der Waals surface area contributed by atoms with Crippen LogP contribution in [0.1, 0.15) is 12.5 Å². The second-order valence-corrected chi connectivity index (χ2v) is 6.93. The highest BCUT2D eigenvalue weighted by atomic mass is 35.5. The van der Waals surface area contributed by atoms with Crippen LogP contribution in [0.4, 0.5) is 11.4 Å². The lowest BCUT2D eigenvalue weighted by Gasteiger charge is -2.08. The van der Waals surface area contributed by atoms with Crippen LogP contribution in [0.15, 0.2) is 53.4 Å². The normalized spacial score (nSPS) is 11.3. The van der Waals surface area contributed by atoms with E-state index in [1.54, 1.807) is 31.2 Å². The van der Waals surface area contributed by atoms with Gasteiger partial charge in [-0.15, -0.1) is 11.6 Å². The molecule has 1 N–H and O–H groups in total. The molecule has 0 aliphatic rings. The van der Waals surface area contributed by atoms with Gasteiger partial charge in [-0.3, -0.25) is 0 Å². The third kappa shape index (κ3) is 3.52. The van der Waals surface area contributed by atoms with Gasteiger partial charge in [-0.05, 0) is 42.0 Å². The van der Waals surface area contributed by atoms with Crippen molar-refractivity contribution < 1.29 is 8.42 Å². The molecule has 0 aromatic heterocycles. The number of alkyl halides is 1. The molecule has 0 aliphatic carbocycles. The number of benzene rings is 2. The summed E-state index contributed by atoms with van der Waals surface area (Å²) in [5, 5.41) is 3.22. The molecule has 2 rings (SSSR count). The molecule has 106 valence electrons. The third-order valence-corrected chi connectivity index (χ3v) is 5.02. The van der Waals surface area contributed by atoms with E-state index in [4.69, 9.17) is 11.6 Å².